The van der Waals surface area contributed by atoms with Crippen LogP contribution in [-0.4, -0.2) is 25.6 Å². The van der Waals surface area contributed by atoms with E-state index < -0.39 is 0 Å². The van der Waals surface area contributed by atoms with Crippen molar-refractivity contribution in [1.29, 1.82) is 0 Å². The van der Waals surface area contributed by atoms with Crippen LogP contribution in [0.4, 0.5) is 0 Å². The summed E-state index contributed by atoms with van der Waals surface area (Å²) in [5.74, 6) is 1.02. The molecule has 0 aliphatic carbocycles. The monoisotopic (exact) mass is 262 g/mol. The Labute approximate surface area is 114 Å². The number of carbonyl (C=O) groups excluding carboxylic acids is 1. The van der Waals surface area contributed by atoms with Crippen LogP contribution in [0.3, 0.4) is 0 Å². The first-order valence-electron chi connectivity index (χ1n) is 6.79. The van der Waals surface area contributed by atoms with Crippen LogP contribution in [0.2, 0.25) is 0 Å². The summed E-state index contributed by atoms with van der Waals surface area (Å²) in [6, 6.07) is 8.07. The van der Waals surface area contributed by atoms with Gasteiger partial charge in [-0.2, -0.15) is 0 Å². The summed E-state index contributed by atoms with van der Waals surface area (Å²) in [6.45, 7) is 4.99. The molecule has 0 bridgehead atoms. The Morgan fingerprint density at radius 1 is 1.53 bits per heavy atom. The molecule has 2 unspecified atom stereocenters. The van der Waals surface area contributed by atoms with E-state index >= 15 is 0 Å². The molecule has 3 atom stereocenters. The first kappa shape index (κ1) is 13.9. The Bertz CT molecular complexity index is 448. The third-order valence-electron chi connectivity index (χ3n) is 3.81. The first-order chi connectivity index (χ1) is 9.11. The zero-order chi connectivity index (χ0) is 13.8. The van der Waals surface area contributed by atoms with Crippen LogP contribution in [0.25, 0.3) is 0 Å². The maximum absolute atomic E-state index is 12.2. The van der Waals surface area contributed by atoms with Crippen LogP contribution >= 0.6 is 0 Å². The van der Waals surface area contributed by atoms with Crippen molar-refractivity contribution in [2.45, 2.75) is 32.4 Å². The molecule has 0 radical (unpaired) electrons. The summed E-state index contributed by atoms with van der Waals surface area (Å²) >= 11 is 0. The zero-order valence-corrected chi connectivity index (χ0v) is 11.8. The van der Waals surface area contributed by atoms with Crippen LogP contribution in [0.5, 0.6) is 5.75 Å². The van der Waals surface area contributed by atoms with Crippen molar-refractivity contribution in [2.75, 3.05) is 13.7 Å². The lowest BCUT2D eigenvalue weighted by Crippen LogP contribution is -2.37. The number of amides is 1. The van der Waals surface area contributed by atoms with Crippen molar-refractivity contribution in [3.63, 3.8) is 0 Å². The van der Waals surface area contributed by atoms with E-state index in [0.29, 0.717) is 0 Å². The van der Waals surface area contributed by atoms with Crippen molar-refractivity contribution < 1.29 is 9.53 Å². The molecule has 19 heavy (non-hydrogen) atoms. The number of benzene rings is 1. The lowest BCUT2D eigenvalue weighted by molar-refractivity contribution is -0.125. The van der Waals surface area contributed by atoms with Crippen molar-refractivity contribution >= 4 is 5.91 Å². The van der Waals surface area contributed by atoms with E-state index in [4.69, 9.17) is 4.74 Å². The minimum Gasteiger partial charge on any atom is -0.497 e. The fourth-order valence-corrected chi connectivity index (χ4v) is 2.53. The Morgan fingerprint density at radius 2 is 2.32 bits per heavy atom. The quantitative estimate of drug-likeness (QED) is 0.871. The Hall–Kier alpha value is -1.55. The Kier molecular flexibility index (Phi) is 4.43. The number of hydrogen-bond donors (Lipinski definition) is 2. The third kappa shape index (κ3) is 3.26. The third-order valence-corrected chi connectivity index (χ3v) is 3.81. The molecule has 4 heteroatoms. The number of ether oxygens (including phenoxy) is 1. The maximum atomic E-state index is 12.2. The van der Waals surface area contributed by atoms with E-state index in [2.05, 4.69) is 17.6 Å². The van der Waals surface area contributed by atoms with Gasteiger partial charge in [-0.25, -0.2) is 0 Å². The largest absolute Gasteiger partial charge is 0.497 e. The number of carbonyl (C=O) groups is 1. The molecular weight excluding hydrogens is 240 g/mol. The van der Waals surface area contributed by atoms with Crippen LogP contribution < -0.4 is 15.4 Å². The van der Waals surface area contributed by atoms with Gasteiger partial charge in [0.2, 0.25) is 5.91 Å². The molecule has 0 spiro atoms. The van der Waals surface area contributed by atoms with Gasteiger partial charge in [0, 0.05) is 6.04 Å². The molecule has 4 nitrogen and oxygen atoms in total. The molecule has 104 valence electrons. The van der Waals surface area contributed by atoms with Gasteiger partial charge in [-0.3, -0.25) is 4.79 Å². The van der Waals surface area contributed by atoms with Crippen LogP contribution in [-0.2, 0) is 4.79 Å². The standard InChI is InChI=1S/C15H22N2O2/c1-10(12-5-4-6-13(9-12)19-3)17-15(18)14-7-8-16-11(14)2/h4-6,9-11,14,16H,7-8H2,1-3H3,(H,17,18)/t10-,11?,14?/m0/s1. The van der Waals surface area contributed by atoms with Gasteiger partial charge in [0.25, 0.3) is 0 Å². The molecule has 1 aromatic rings. The second kappa shape index (κ2) is 6.06. The van der Waals surface area contributed by atoms with E-state index in [1.807, 2.05) is 31.2 Å². The predicted molar refractivity (Wildman–Crippen MR) is 75.1 cm³/mol. The highest BCUT2D eigenvalue weighted by Crippen LogP contribution is 2.21. The highest BCUT2D eigenvalue weighted by atomic mass is 16.5. The Balaban J connectivity index is 1.99. The number of hydrogen-bond acceptors (Lipinski definition) is 3. The molecule has 0 aromatic heterocycles. The van der Waals surface area contributed by atoms with Crippen LogP contribution in [0, 0.1) is 5.92 Å². The van der Waals surface area contributed by atoms with Gasteiger partial charge in [0.15, 0.2) is 0 Å². The zero-order valence-electron chi connectivity index (χ0n) is 11.8. The lowest BCUT2D eigenvalue weighted by Gasteiger charge is -2.20. The molecule has 1 saturated heterocycles. The fourth-order valence-electron chi connectivity index (χ4n) is 2.53. The van der Waals surface area contributed by atoms with Gasteiger partial charge in [-0.1, -0.05) is 12.1 Å². The minimum absolute atomic E-state index is 0.00426. The van der Waals surface area contributed by atoms with Crippen molar-refractivity contribution in [3.05, 3.63) is 29.8 Å². The van der Waals surface area contributed by atoms with E-state index in [9.17, 15) is 4.79 Å². The summed E-state index contributed by atoms with van der Waals surface area (Å²) in [4.78, 5) is 12.2. The van der Waals surface area contributed by atoms with Gasteiger partial charge in [0.05, 0.1) is 19.1 Å². The van der Waals surface area contributed by atoms with Gasteiger partial charge in [-0.05, 0) is 44.5 Å². The number of methoxy groups -OCH3 is 1. The molecule has 1 aliphatic heterocycles. The van der Waals surface area contributed by atoms with E-state index in [0.717, 1.165) is 24.3 Å². The van der Waals surface area contributed by atoms with Crippen molar-refractivity contribution in [1.82, 2.24) is 10.6 Å². The molecule has 2 rings (SSSR count). The van der Waals surface area contributed by atoms with Crippen LogP contribution in [0.15, 0.2) is 24.3 Å². The van der Waals surface area contributed by atoms with Crippen molar-refractivity contribution in [2.24, 2.45) is 5.92 Å². The maximum Gasteiger partial charge on any atom is 0.225 e. The van der Waals surface area contributed by atoms with Gasteiger partial charge >= 0.3 is 0 Å². The highest BCUT2D eigenvalue weighted by molar-refractivity contribution is 5.80. The summed E-state index contributed by atoms with van der Waals surface area (Å²) < 4.78 is 5.20. The van der Waals surface area contributed by atoms with E-state index in [1.165, 1.54) is 0 Å². The van der Waals surface area contributed by atoms with E-state index in [1.54, 1.807) is 7.11 Å². The Morgan fingerprint density at radius 3 is 2.95 bits per heavy atom. The summed E-state index contributed by atoms with van der Waals surface area (Å²) in [5.41, 5.74) is 1.06. The van der Waals surface area contributed by atoms with Crippen molar-refractivity contribution in [3.8, 4) is 5.75 Å². The molecule has 2 N–H and O–H groups in total. The smallest absolute Gasteiger partial charge is 0.225 e. The van der Waals surface area contributed by atoms with E-state index in [-0.39, 0.29) is 23.9 Å². The summed E-state index contributed by atoms with van der Waals surface area (Å²) in [7, 11) is 1.65. The van der Waals surface area contributed by atoms with Gasteiger partial charge in [0.1, 0.15) is 5.75 Å². The first-order valence-corrected chi connectivity index (χ1v) is 6.79. The molecule has 1 aromatic carbocycles. The predicted octanol–water partition coefficient (Wildman–Crippen LogP) is 1.87. The molecule has 1 fully saturated rings. The van der Waals surface area contributed by atoms with Gasteiger partial charge in [-0.15, -0.1) is 0 Å². The molecular formula is C15H22N2O2. The normalized spacial score (nSPS) is 23.9. The second-order valence-electron chi connectivity index (χ2n) is 5.14. The summed E-state index contributed by atoms with van der Waals surface area (Å²) in [5, 5.41) is 6.39. The average molecular weight is 262 g/mol. The summed E-state index contributed by atoms with van der Waals surface area (Å²) in [6.07, 6.45) is 0.915. The highest BCUT2D eigenvalue weighted by Gasteiger charge is 2.30. The SMILES string of the molecule is COc1cccc([C@H](C)NC(=O)C2CCNC2C)c1. The fraction of sp³-hybridized carbons (Fsp3) is 0.533. The topological polar surface area (TPSA) is 50.4 Å². The molecule has 0 saturated carbocycles. The number of nitrogens with one attached hydrogen (secondary N) is 2. The lowest BCUT2D eigenvalue weighted by atomic mass is 10.00. The van der Waals surface area contributed by atoms with Crippen LogP contribution in [0.1, 0.15) is 31.9 Å². The second-order valence-corrected chi connectivity index (χ2v) is 5.14. The minimum atomic E-state index is -0.00426. The average Bonchev–Trinajstić information content (AvgIpc) is 2.85. The molecule has 1 amide bonds. The van der Waals surface area contributed by atoms with Gasteiger partial charge < -0.3 is 15.4 Å². The molecule has 1 heterocycles. The number of rotatable bonds is 4. The molecule has 1 aliphatic rings.